The number of aromatic nitrogens is 3. The van der Waals surface area contributed by atoms with Crippen molar-refractivity contribution in [2.75, 3.05) is 53.1 Å². The summed E-state index contributed by atoms with van der Waals surface area (Å²) in [6.07, 6.45) is 3.77. The monoisotopic (exact) mass is 592 g/mol. The number of anilines is 3. The van der Waals surface area contributed by atoms with Crippen molar-refractivity contribution in [3.8, 4) is 23.0 Å². The normalized spacial score (nSPS) is 19.9. The van der Waals surface area contributed by atoms with Crippen molar-refractivity contribution in [2.24, 2.45) is 5.41 Å². The van der Waals surface area contributed by atoms with E-state index in [4.69, 9.17) is 9.52 Å². The van der Waals surface area contributed by atoms with Crippen molar-refractivity contribution in [1.82, 2.24) is 15.2 Å². The highest BCUT2D eigenvalue weighted by Crippen LogP contribution is 2.54. The van der Waals surface area contributed by atoms with E-state index in [1.165, 1.54) is 29.9 Å². The average Bonchev–Trinajstić information content (AvgIpc) is 3.50. The van der Waals surface area contributed by atoms with Gasteiger partial charge in [0.25, 0.3) is 11.8 Å². The largest absolute Gasteiger partial charge is 0.415 e. The number of nitrogens with one attached hydrogen (secondary N) is 1. The summed E-state index contributed by atoms with van der Waals surface area (Å²) in [4.78, 5) is 8.00. The Morgan fingerprint density at radius 1 is 0.927 bits per heavy atom. The number of benzene rings is 1. The molecule has 2 N–H and O–H groups in total. The molecule has 3 aromatic rings. The molecule has 6 rings (SSSR count). The molecule has 3 aliphatic rings. The van der Waals surface area contributed by atoms with Gasteiger partial charge in [0.1, 0.15) is 5.69 Å². The van der Waals surface area contributed by atoms with E-state index >= 15 is 0 Å². The molecule has 2 saturated heterocycles. The third kappa shape index (κ3) is 5.98. The number of halogens is 3. The summed E-state index contributed by atoms with van der Waals surface area (Å²) in [5.41, 5.74) is 2.30. The number of aliphatic hydroxyl groups excluding tert-OH is 1. The first-order chi connectivity index (χ1) is 19.6. The number of piperidine rings is 2. The van der Waals surface area contributed by atoms with Gasteiger partial charge in [0.15, 0.2) is 11.6 Å². The zero-order chi connectivity index (χ0) is 28.8. The van der Waals surface area contributed by atoms with Crippen LogP contribution in [0.4, 0.5) is 30.4 Å². The number of alkyl halides is 2. The third-order valence-corrected chi connectivity index (χ3v) is 9.52. The molecule has 3 fully saturated rings. The van der Waals surface area contributed by atoms with Crippen LogP contribution in [0.25, 0.3) is 23.0 Å². The Hall–Kier alpha value is -3.39. The minimum atomic E-state index is -3.73. The zero-order valence-corrected chi connectivity index (χ0v) is 23.1. The van der Waals surface area contributed by atoms with Crippen LogP contribution in [0.15, 0.2) is 34.7 Å². The summed E-state index contributed by atoms with van der Waals surface area (Å²) < 4.78 is 75.0. The van der Waals surface area contributed by atoms with Crippen molar-refractivity contribution < 1.29 is 31.1 Å². The first-order valence-corrected chi connectivity index (χ1v) is 15.3. The fourth-order valence-corrected chi connectivity index (χ4v) is 6.37. The molecule has 0 atom stereocenters. The van der Waals surface area contributed by atoms with Crippen LogP contribution >= 0.6 is 0 Å². The Morgan fingerprint density at radius 2 is 1.61 bits per heavy atom. The van der Waals surface area contributed by atoms with Gasteiger partial charge in [-0.25, -0.2) is 26.6 Å². The summed E-state index contributed by atoms with van der Waals surface area (Å²) in [6.45, 7) is 1.04. The van der Waals surface area contributed by atoms with Gasteiger partial charge in [-0.2, -0.15) is 0 Å². The maximum atomic E-state index is 14.6. The predicted octanol–water partition coefficient (Wildman–Crippen LogP) is 4.29. The molecule has 0 bridgehead atoms. The van der Waals surface area contributed by atoms with E-state index < -0.39 is 34.1 Å². The van der Waals surface area contributed by atoms with Gasteiger partial charge in [-0.1, -0.05) is 0 Å². The highest BCUT2D eigenvalue weighted by Gasteiger charge is 2.44. The fraction of sp³-hybridized carbons (Fsp3) is 0.519. The number of rotatable bonds is 8. The molecule has 1 aromatic carbocycles. The third-order valence-electron chi connectivity index (χ3n) is 8.25. The Morgan fingerprint density at radius 3 is 2.29 bits per heavy atom. The number of hydrogen-bond acceptors (Lipinski definition) is 9. The molecule has 1 spiro atoms. The van der Waals surface area contributed by atoms with Gasteiger partial charge < -0.3 is 19.3 Å². The minimum Gasteiger partial charge on any atom is -0.415 e. The van der Waals surface area contributed by atoms with E-state index in [0.29, 0.717) is 16.7 Å². The Labute approximate surface area is 235 Å². The molecule has 1 saturated carbocycles. The zero-order valence-electron chi connectivity index (χ0n) is 22.3. The summed E-state index contributed by atoms with van der Waals surface area (Å²) in [6, 6.07) is 7.61. The van der Waals surface area contributed by atoms with E-state index in [2.05, 4.69) is 24.8 Å². The lowest BCUT2D eigenvalue weighted by Crippen LogP contribution is -2.40. The second kappa shape index (κ2) is 10.5. The van der Waals surface area contributed by atoms with Crippen LogP contribution in [0, 0.1) is 11.2 Å². The Balaban J connectivity index is 1.30. The molecule has 4 heterocycles. The molecule has 2 aliphatic heterocycles. The van der Waals surface area contributed by atoms with Gasteiger partial charge in [-0.3, -0.25) is 4.72 Å². The number of hydrogen-bond donors (Lipinski definition) is 2. The molecule has 0 amide bonds. The molecule has 14 heteroatoms. The van der Waals surface area contributed by atoms with Crippen LogP contribution in [0.2, 0.25) is 0 Å². The SMILES string of the molecule is O=S(=O)(CCO)Nc1ccc(-c2nnc(-c3ccc(F)c(N4CCC(F)(F)CC4)n3)o2)c(N2CCC3(CC2)CC3)c1. The quantitative estimate of drug-likeness (QED) is 0.394. The van der Waals surface area contributed by atoms with Crippen molar-refractivity contribution in [1.29, 1.82) is 0 Å². The number of aliphatic hydroxyl groups is 1. The van der Waals surface area contributed by atoms with Gasteiger partial charge in [-0.05, 0) is 61.4 Å². The molecule has 2 aromatic heterocycles. The highest BCUT2D eigenvalue weighted by atomic mass is 32.2. The van der Waals surface area contributed by atoms with Crippen LogP contribution in [-0.4, -0.2) is 73.2 Å². The van der Waals surface area contributed by atoms with Crippen LogP contribution in [0.1, 0.15) is 38.5 Å². The van der Waals surface area contributed by atoms with Crippen molar-refractivity contribution in [2.45, 2.75) is 44.4 Å². The molecule has 10 nitrogen and oxygen atoms in total. The molecule has 41 heavy (non-hydrogen) atoms. The fourth-order valence-electron chi connectivity index (χ4n) is 5.54. The van der Waals surface area contributed by atoms with Gasteiger partial charge in [0.05, 0.1) is 29.3 Å². The van der Waals surface area contributed by atoms with Gasteiger partial charge in [0, 0.05) is 39.0 Å². The highest BCUT2D eigenvalue weighted by molar-refractivity contribution is 7.92. The van der Waals surface area contributed by atoms with E-state index in [0.717, 1.165) is 31.6 Å². The lowest BCUT2D eigenvalue weighted by molar-refractivity contribution is -0.0222. The first kappa shape index (κ1) is 27.8. The summed E-state index contributed by atoms with van der Waals surface area (Å²) >= 11 is 0. The van der Waals surface area contributed by atoms with Crippen LogP contribution in [-0.2, 0) is 10.0 Å². The second-order valence-corrected chi connectivity index (χ2v) is 13.0. The summed E-state index contributed by atoms with van der Waals surface area (Å²) in [5, 5.41) is 17.4. The number of nitrogens with zero attached hydrogens (tertiary/aromatic N) is 5. The van der Waals surface area contributed by atoms with Gasteiger partial charge in [-0.15, -0.1) is 10.2 Å². The van der Waals surface area contributed by atoms with Crippen molar-refractivity contribution >= 4 is 27.2 Å². The maximum absolute atomic E-state index is 14.6. The van der Waals surface area contributed by atoms with Crippen molar-refractivity contribution in [3.63, 3.8) is 0 Å². The lowest BCUT2D eigenvalue weighted by atomic mass is 9.93. The standard InChI is InChI=1S/C27H31F3N6O4S/c28-20-3-4-21(31-23(20)36-13-9-27(29,30)10-14-36)25-33-32-24(40-25)19-2-1-18(34-41(38,39)16-15-37)17-22(19)35-11-7-26(5-6-26)8-12-35/h1-4,17,34,37H,5-16H2. The number of sulfonamides is 1. The molecule has 0 unspecified atom stereocenters. The Kier molecular flexibility index (Phi) is 7.09. The first-order valence-electron chi connectivity index (χ1n) is 13.7. The van der Waals surface area contributed by atoms with Crippen LogP contribution in [0.3, 0.4) is 0 Å². The second-order valence-electron chi connectivity index (χ2n) is 11.1. The van der Waals surface area contributed by atoms with Crippen LogP contribution in [0.5, 0.6) is 0 Å². The van der Waals surface area contributed by atoms with Crippen molar-refractivity contribution in [3.05, 3.63) is 36.1 Å². The molecule has 0 radical (unpaired) electrons. The van der Waals surface area contributed by atoms with E-state index in [1.54, 1.807) is 18.2 Å². The van der Waals surface area contributed by atoms with E-state index in [-0.39, 0.29) is 49.2 Å². The smallest absolute Gasteiger partial charge is 0.266 e. The minimum absolute atomic E-state index is 0.0235. The average molecular weight is 593 g/mol. The van der Waals surface area contributed by atoms with Crippen LogP contribution < -0.4 is 14.5 Å². The molecule has 1 aliphatic carbocycles. The molecular formula is C27H31F3N6O4S. The van der Waals surface area contributed by atoms with Gasteiger partial charge in [0.2, 0.25) is 15.9 Å². The number of pyridine rings is 1. The van der Waals surface area contributed by atoms with E-state index in [1.807, 2.05) is 0 Å². The van der Waals surface area contributed by atoms with Gasteiger partial charge >= 0.3 is 0 Å². The van der Waals surface area contributed by atoms with E-state index in [9.17, 15) is 21.6 Å². The topological polar surface area (TPSA) is 125 Å². The summed E-state index contributed by atoms with van der Waals surface area (Å²) in [5.74, 6) is -3.64. The Bertz CT molecular complexity index is 1530. The summed E-state index contributed by atoms with van der Waals surface area (Å²) in [7, 11) is -3.73. The molecule has 220 valence electrons. The molecular weight excluding hydrogens is 561 g/mol. The lowest BCUT2D eigenvalue weighted by Gasteiger charge is -2.35. The maximum Gasteiger partial charge on any atom is 0.266 e. The predicted molar refractivity (Wildman–Crippen MR) is 147 cm³/mol.